The average molecular weight is 443 g/mol. The van der Waals surface area contributed by atoms with Crippen molar-refractivity contribution >= 4 is 5.97 Å². The molecule has 0 radical (unpaired) electrons. The van der Waals surface area contributed by atoms with Gasteiger partial charge in [0.25, 0.3) is 0 Å². The molecular weight excluding hydrogens is 396 g/mol. The summed E-state index contributed by atoms with van der Waals surface area (Å²) in [6, 6.07) is 0. The van der Waals surface area contributed by atoms with E-state index in [4.69, 9.17) is 4.74 Å². The summed E-state index contributed by atoms with van der Waals surface area (Å²) in [5.41, 5.74) is 3.39. The van der Waals surface area contributed by atoms with Gasteiger partial charge >= 0.3 is 5.97 Å². The number of carbonyl (C=O) groups excluding carboxylic acids is 1. The summed E-state index contributed by atoms with van der Waals surface area (Å²) in [5, 5.41) is 10.1. The zero-order valence-corrected chi connectivity index (χ0v) is 21.4. The molecule has 0 aliphatic heterocycles. The van der Waals surface area contributed by atoms with Gasteiger partial charge in [0.05, 0.1) is 5.60 Å². The van der Waals surface area contributed by atoms with Crippen molar-refractivity contribution in [3.05, 3.63) is 23.3 Å². The van der Waals surface area contributed by atoms with E-state index in [1.54, 1.807) is 5.57 Å². The molecule has 0 heterocycles. The van der Waals surface area contributed by atoms with E-state index < -0.39 is 5.60 Å². The number of allylic oxidation sites excluding steroid dienone is 3. The number of rotatable bonds is 6. The third-order valence-corrected chi connectivity index (χ3v) is 10.1. The molecule has 0 amide bonds. The van der Waals surface area contributed by atoms with Gasteiger partial charge in [0.15, 0.2) is 0 Å². The molecule has 0 spiro atoms. The first kappa shape index (κ1) is 24.0. The fourth-order valence-electron chi connectivity index (χ4n) is 8.34. The van der Waals surface area contributed by atoms with Crippen LogP contribution in [0.1, 0.15) is 106 Å². The van der Waals surface area contributed by atoms with Gasteiger partial charge in [-0.15, -0.1) is 0 Å². The van der Waals surface area contributed by atoms with Gasteiger partial charge in [0, 0.05) is 13.3 Å². The Morgan fingerprint density at radius 2 is 1.91 bits per heavy atom. The number of ether oxygens (including phenoxy) is 1. The predicted molar refractivity (Wildman–Crippen MR) is 130 cm³/mol. The number of carbonyl (C=O) groups is 1. The lowest BCUT2D eigenvalue weighted by Gasteiger charge is -2.55. The summed E-state index contributed by atoms with van der Waals surface area (Å²) in [6.45, 7) is 13.0. The van der Waals surface area contributed by atoms with Crippen LogP contribution < -0.4 is 0 Å². The molecule has 3 saturated carbocycles. The Hall–Kier alpha value is -1.09. The molecule has 7 atom stereocenters. The first-order valence-corrected chi connectivity index (χ1v) is 13.2. The highest BCUT2D eigenvalue weighted by Crippen LogP contribution is 2.66. The van der Waals surface area contributed by atoms with Gasteiger partial charge in [-0.2, -0.15) is 0 Å². The van der Waals surface area contributed by atoms with E-state index in [0.717, 1.165) is 49.9 Å². The van der Waals surface area contributed by atoms with E-state index in [-0.39, 0.29) is 17.5 Å². The zero-order valence-electron chi connectivity index (χ0n) is 21.4. The molecule has 3 heteroatoms. The Bertz CT molecular complexity index is 787. The van der Waals surface area contributed by atoms with Crippen molar-refractivity contribution in [3.63, 3.8) is 0 Å². The fourth-order valence-corrected chi connectivity index (χ4v) is 8.34. The monoisotopic (exact) mass is 442 g/mol. The minimum atomic E-state index is -0.541. The smallest absolute Gasteiger partial charge is 0.302 e. The van der Waals surface area contributed by atoms with Crippen molar-refractivity contribution in [3.8, 4) is 0 Å². The number of fused-ring (bicyclic) bond motifs is 5. The van der Waals surface area contributed by atoms with Crippen molar-refractivity contribution < 1.29 is 14.6 Å². The maximum absolute atomic E-state index is 11.5. The second-order valence-electron chi connectivity index (χ2n) is 12.8. The minimum absolute atomic E-state index is 0.0660. The molecule has 0 saturated heterocycles. The van der Waals surface area contributed by atoms with Crippen LogP contribution in [0, 0.1) is 34.5 Å². The highest BCUT2D eigenvalue weighted by molar-refractivity contribution is 5.66. The van der Waals surface area contributed by atoms with Crippen molar-refractivity contribution in [2.24, 2.45) is 34.5 Å². The van der Waals surface area contributed by atoms with E-state index in [9.17, 15) is 9.90 Å². The van der Waals surface area contributed by atoms with Crippen molar-refractivity contribution in [1.29, 1.82) is 0 Å². The summed E-state index contributed by atoms with van der Waals surface area (Å²) in [7, 11) is 0. The second-order valence-corrected chi connectivity index (χ2v) is 12.8. The quantitative estimate of drug-likeness (QED) is 0.451. The molecule has 3 nitrogen and oxygen atoms in total. The van der Waals surface area contributed by atoms with Gasteiger partial charge in [0.2, 0.25) is 0 Å². The maximum atomic E-state index is 11.5. The summed E-state index contributed by atoms with van der Waals surface area (Å²) < 4.78 is 5.58. The number of hydrogen-bond acceptors (Lipinski definition) is 3. The van der Waals surface area contributed by atoms with Crippen molar-refractivity contribution in [1.82, 2.24) is 0 Å². The van der Waals surface area contributed by atoms with E-state index in [2.05, 4.69) is 32.9 Å². The molecular formula is C29H46O3. The molecule has 0 aromatic heterocycles. The Morgan fingerprint density at radius 1 is 1.16 bits per heavy atom. The van der Waals surface area contributed by atoms with Crippen LogP contribution in [0.3, 0.4) is 0 Å². The van der Waals surface area contributed by atoms with Crippen LogP contribution in [0.15, 0.2) is 23.3 Å². The lowest BCUT2D eigenvalue weighted by molar-refractivity contribution is -0.148. The largest absolute Gasteiger partial charge is 0.462 e. The summed E-state index contributed by atoms with van der Waals surface area (Å²) in [6.07, 6.45) is 16.6. The molecule has 4 rings (SSSR count). The Balaban J connectivity index is 1.49. The Labute approximate surface area is 196 Å². The summed E-state index contributed by atoms with van der Waals surface area (Å²) in [4.78, 5) is 11.5. The molecule has 0 aromatic carbocycles. The highest BCUT2D eigenvalue weighted by Gasteiger charge is 2.57. The van der Waals surface area contributed by atoms with Crippen molar-refractivity contribution in [2.75, 3.05) is 0 Å². The van der Waals surface area contributed by atoms with Crippen LogP contribution in [0.5, 0.6) is 0 Å². The molecule has 1 unspecified atom stereocenters. The summed E-state index contributed by atoms with van der Waals surface area (Å²) in [5.74, 6) is 2.78. The van der Waals surface area contributed by atoms with Gasteiger partial charge in [0.1, 0.15) is 6.10 Å². The molecule has 3 fully saturated rings. The molecule has 0 bridgehead atoms. The fraction of sp³-hybridized carbons (Fsp3) is 0.828. The first-order valence-electron chi connectivity index (χ1n) is 13.2. The van der Waals surface area contributed by atoms with Crippen molar-refractivity contribution in [2.45, 2.75) is 117 Å². The topological polar surface area (TPSA) is 46.5 Å². The molecule has 4 aliphatic rings. The van der Waals surface area contributed by atoms with Gasteiger partial charge in [-0.25, -0.2) is 0 Å². The SMILES string of the molecule is CC(=O)OC1CC[C@@]2(C)C(=CC=C3[C@@H]4CC[C@H]([C@H](C)CCCC(C)(C)O)[C@@]4(C)CC[C@@H]32)C1. The average Bonchev–Trinajstić information content (AvgIpc) is 3.04. The van der Waals surface area contributed by atoms with Gasteiger partial charge in [-0.3, -0.25) is 4.79 Å². The number of hydrogen-bond donors (Lipinski definition) is 1. The molecule has 0 aromatic rings. The van der Waals surface area contributed by atoms with Gasteiger partial charge < -0.3 is 9.84 Å². The van der Waals surface area contributed by atoms with E-state index in [0.29, 0.717) is 11.3 Å². The maximum Gasteiger partial charge on any atom is 0.302 e. The normalized spacial score (nSPS) is 39.8. The van der Waals surface area contributed by atoms with E-state index in [1.165, 1.54) is 44.6 Å². The van der Waals surface area contributed by atoms with Crippen LogP contribution in [0.2, 0.25) is 0 Å². The molecule has 180 valence electrons. The van der Waals surface area contributed by atoms with Crippen LogP contribution in [0.25, 0.3) is 0 Å². The lowest BCUT2D eigenvalue weighted by Crippen LogP contribution is -2.46. The zero-order chi connectivity index (χ0) is 23.3. The predicted octanol–water partition coefficient (Wildman–Crippen LogP) is 6.99. The van der Waals surface area contributed by atoms with E-state index in [1.807, 2.05) is 13.8 Å². The number of esters is 1. The Kier molecular flexibility index (Phi) is 6.46. The molecule has 4 aliphatic carbocycles. The lowest BCUT2D eigenvalue weighted by atomic mass is 9.50. The van der Waals surface area contributed by atoms with E-state index >= 15 is 0 Å². The number of aliphatic hydroxyl groups is 1. The summed E-state index contributed by atoms with van der Waals surface area (Å²) >= 11 is 0. The molecule has 1 N–H and O–H groups in total. The first-order chi connectivity index (χ1) is 14.9. The van der Waals surface area contributed by atoms with Crippen LogP contribution >= 0.6 is 0 Å². The second kappa shape index (κ2) is 8.60. The van der Waals surface area contributed by atoms with Crippen LogP contribution in [-0.2, 0) is 9.53 Å². The molecule has 32 heavy (non-hydrogen) atoms. The standard InChI is InChI=1S/C29H46O3/c1-19(8-7-15-27(3,4)31)24-11-12-25-23-10-9-21-18-22(32-20(2)30)13-16-28(21,5)26(23)14-17-29(24,25)6/h9-10,19,22,24-26,31H,7-8,11-18H2,1-6H3/t19-,22?,24-,25+,26+,28+,29-/m1/s1. The van der Waals surface area contributed by atoms with Crippen LogP contribution in [-0.4, -0.2) is 22.8 Å². The third kappa shape index (κ3) is 4.36. The highest BCUT2D eigenvalue weighted by atomic mass is 16.5. The van der Waals surface area contributed by atoms with Gasteiger partial charge in [-0.1, -0.05) is 56.9 Å². The third-order valence-electron chi connectivity index (χ3n) is 10.1. The van der Waals surface area contributed by atoms with Crippen LogP contribution in [0.4, 0.5) is 0 Å². The van der Waals surface area contributed by atoms with Gasteiger partial charge in [-0.05, 0) is 93.3 Å². The Morgan fingerprint density at radius 3 is 2.59 bits per heavy atom. The minimum Gasteiger partial charge on any atom is -0.462 e.